The van der Waals surface area contributed by atoms with Crippen LogP contribution in [0.25, 0.3) is 0 Å². The Morgan fingerprint density at radius 1 is 1.14 bits per heavy atom. The van der Waals surface area contributed by atoms with Gasteiger partial charge in [-0.15, -0.1) is 19.0 Å². The maximum absolute atomic E-state index is 6.11. The Bertz CT molecular complexity index is 587. The first-order chi connectivity index (χ1) is 10.2. The molecule has 118 valence electrons. The Labute approximate surface area is 138 Å². The molecule has 0 heterocycles. The molecular formula is C18H22ClNO2. The van der Waals surface area contributed by atoms with Crippen molar-refractivity contribution in [3.63, 3.8) is 0 Å². The van der Waals surface area contributed by atoms with Crippen LogP contribution in [-0.4, -0.2) is 7.11 Å². The molecule has 22 heavy (non-hydrogen) atoms. The van der Waals surface area contributed by atoms with Gasteiger partial charge in [-0.3, -0.25) is 0 Å². The van der Waals surface area contributed by atoms with Crippen LogP contribution in [0.2, 0.25) is 0 Å². The van der Waals surface area contributed by atoms with Crippen LogP contribution in [0.3, 0.4) is 0 Å². The molecule has 0 unspecified atom stereocenters. The predicted molar refractivity (Wildman–Crippen MR) is 92.8 cm³/mol. The first-order valence-corrected chi connectivity index (χ1v) is 6.95. The molecule has 0 aromatic heterocycles. The molecule has 0 radical (unpaired) electrons. The van der Waals surface area contributed by atoms with Gasteiger partial charge in [0.25, 0.3) is 0 Å². The van der Waals surface area contributed by atoms with Gasteiger partial charge in [0.1, 0.15) is 6.61 Å². The van der Waals surface area contributed by atoms with E-state index in [0.717, 1.165) is 17.5 Å². The second-order valence-corrected chi connectivity index (χ2v) is 4.82. The summed E-state index contributed by atoms with van der Waals surface area (Å²) in [4.78, 5) is 0. The quantitative estimate of drug-likeness (QED) is 0.775. The molecule has 0 bridgehead atoms. The van der Waals surface area contributed by atoms with Crippen molar-refractivity contribution in [2.45, 2.75) is 19.1 Å². The average Bonchev–Trinajstić information content (AvgIpc) is 2.54. The molecule has 0 aliphatic rings. The molecule has 2 aromatic rings. The molecule has 0 saturated heterocycles. The SMILES string of the molecule is C=CC[C@@H](N)c1ccc(OC)c(OCc2ccccc2)c1.Cl. The third kappa shape index (κ3) is 4.79. The van der Waals surface area contributed by atoms with E-state index in [9.17, 15) is 0 Å². The fraction of sp³-hybridized carbons (Fsp3) is 0.222. The third-order valence-corrected chi connectivity index (χ3v) is 3.27. The number of benzene rings is 2. The Morgan fingerprint density at radius 3 is 2.50 bits per heavy atom. The fourth-order valence-corrected chi connectivity index (χ4v) is 2.09. The molecule has 0 fully saturated rings. The summed E-state index contributed by atoms with van der Waals surface area (Å²) < 4.78 is 11.2. The van der Waals surface area contributed by atoms with Crippen LogP contribution in [0.4, 0.5) is 0 Å². The number of hydrogen-bond donors (Lipinski definition) is 1. The Kier molecular flexibility index (Phi) is 7.50. The van der Waals surface area contributed by atoms with Gasteiger partial charge in [0.15, 0.2) is 11.5 Å². The third-order valence-electron chi connectivity index (χ3n) is 3.27. The zero-order valence-corrected chi connectivity index (χ0v) is 13.5. The summed E-state index contributed by atoms with van der Waals surface area (Å²) in [5.74, 6) is 1.42. The van der Waals surface area contributed by atoms with E-state index in [4.69, 9.17) is 15.2 Å². The van der Waals surface area contributed by atoms with Crippen molar-refractivity contribution >= 4 is 12.4 Å². The fourth-order valence-electron chi connectivity index (χ4n) is 2.09. The van der Waals surface area contributed by atoms with Crippen molar-refractivity contribution in [3.05, 3.63) is 72.3 Å². The Hall–Kier alpha value is -1.97. The molecular weight excluding hydrogens is 298 g/mol. The minimum absolute atomic E-state index is 0. The summed E-state index contributed by atoms with van der Waals surface area (Å²) >= 11 is 0. The summed E-state index contributed by atoms with van der Waals surface area (Å²) in [6.07, 6.45) is 2.55. The van der Waals surface area contributed by atoms with Crippen molar-refractivity contribution in [1.82, 2.24) is 0 Å². The lowest BCUT2D eigenvalue weighted by Gasteiger charge is -2.15. The highest BCUT2D eigenvalue weighted by Gasteiger charge is 2.10. The van der Waals surface area contributed by atoms with Gasteiger partial charge in [0, 0.05) is 6.04 Å². The van der Waals surface area contributed by atoms with Gasteiger partial charge in [-0.1, -0.05) is 42.5 Å². The molecule has 0 amide bonds. The first-order valence-electron chi connectivity index (χ1n) is 6.95. The van der Waals surface area contributed by atoms with Crippen molar-refractivity contribution < 1.29 is 9.47 Å². The monoisotopic (exact) mass is 319 g/mol. The smallest absolute Gasteiger partial charge is 0.161 e. The van der Waals surface area contributed by atoms with Gasteiger partial charge in [0.05, 0.1) is 7.11 Å². The van der Waals surface area contributed by atoms with Gasteiger partial charge in [0.2, 0.25) is 0 Å². The molecule has 2 rings (SSSR count). The highest BCUT2D eigenvalue weighted by molar-refractivity contribution is 5.85. The molecule has 2 N–H and O–H groups in total. The lowest BCUT2D eigenvalue weighted by molar-refractivity contribution is 0.284. The normalized spacial score (nSPS) is 11.2. The van der Waals surface area contributed by atoms with Crippen LogP contribution < -0.4 is 15.2 Å². The predicted octanol–water partition coefficient (Wildman–Crippen LogP) is 4.27. The highest BCUT2D eigenvalue weighted by Crippen LogP contribution is 2.31. The van der Waals surface area contributed by atoms with Crippen LogP contribution in [0.1, 0.15) is 23.6 Å². The van der Waals surface area contributed by atoms with Crippen molar-refractivity contribution in [3.8, 4) is 11.5 Å². The largest absolute Gasteiger partial charge is 0.493 e. The second kappa shape index (κ2) is 9.13. The lowest BCUT2D eigenvalue weighted by atomic mass is 10.0. The molecule has 0 aliphatic carbocycles. The van der Waals surface area contributed by atoms with E-state index in [0.29, 0.717) is 18.1 Å². The summed E-state index contributed by atoms with van der Waals surface area (Å²) in [7, 11) is 1.63. The number of nitrogens with two attached hydrogens (primary N) is 1. The van der Waals surface area contributed by atoms with Crippen LogP contribution in [0.15, 0.2) is 61.2 Å². The van der Waals surface area contributed by atoms with Gasteiger partial charge >= 0.3 is 0 Å². The standard InChI is InChI=1S/C18H21NO2.ClH/c1-3-7-16(19)15-10-11-17(20-2)18(12-15)21-13-14-8-5-4-6-9-14;/h3-6,8-12,16H,1,7,13,19H2,2H3;1H/t16-;/m1./s1. The minimum Gasteiger partial charge on any atom is -0.493 e. The van der Waals surface area contributed by atoms with Gasteiger partial charge in [-0.25, -0.2) is 0 Å². The van der Waals surface area contributed by atoms with Crippen LogP contribution in [0, 0.1) is 0 Å². The first kappa shape index (κ1) is 18.1. The van der Waals surface area contributed by atoms with E-state index >= 15 is 0 Å². The zero-order chi connectivity index (χ0) is 15.1. The van der Waals surface area contributed by atoms with Crippen LogP contribution >= 0.6 is 12.4 Å². The molecule has 3 nitrogen and oxygen atoms in total. The van der Waals surface area contributed by atoms with E-state index < -0.39 is 0 Å². The van der Waals surface area contributed by atoms with E-state index in [1.807, 2.05) is 54.6 Å². The van der Waals surface area contributed by atoms with Crippen LogP contribution in [0.5, 0.6) is 11.5 Å². The van der Waals surface area contributed by atoms with Crippen molar-refractivity contribution in [1.29, 1.82) is 0 Å². The molecule has 2 aromatic carbocycles. The van der Waals surface area contributed by atoms with E-state index in [2.05, 4.69) is 6.58 Å². The minimum atomic E-state index is -0.0764. The summed E-state index contributed by atoms with van der Waals surface area (Å²) in [5, 5.41) is 0. The van der Waals surface area contributed by atoms with Crippen molar-refractivity contribution in [2.75, 3.05) is 7.11 Å². The highest BCUT2D eigenvalue weighted by atomic mass is 35.5. The van der Waals surface area contributed by atoms with Crippen molar-refractivity contribution in [2.24, 2.45) is 5.73 Å². The maximum atomic E-state index is 6.11. The molecule has 0 saturated carbocycles. The molecule has 0 spiro atoms. The topological polar surface area (TPSA) is 44.5 Å². The van der Waals surface area contributed by atoms with E-state index in [-0.39, 0.29) is 18.4 Å². The maximum Gasteiger partial charge on any atom is 0.161 e. The molecule has 1 atom stereocenters. The number of halogens is 1. The molecule has 0 aliphatic heterocycles. The zero-order valence-electron chi connectivity index (χ0n) is 12.7. The van der Waals surface area contributed by atoms with Gasteiger partial charge in [-0.2, -0.15) is 0 Å². The number of ether oxygens (including phenoxy) is 2. The van der Waals surface area contributed by atoms with Gasteiger partial charge in [-0.05, 0) is 29.7 Å². The van der Waals surface area contributed by atoms with E-state index in [1.165, 1.54) is 0 Å². The summed E-state index contributed by atoms with van der Waals surface area (Å²) in [6, 6.07) is 15.7. The summed E-state index contributed by atoms with van der Waals surface area (Å²) in [5.41, 5.74) is 8.23. The average molecular weight is 320 g/mol. The van der Waals surface area contributed by atoms with Gasteiger partial charge < -0.3 is 15.2 Å². The summed E-state index contributed by atoms with van der Waals surface area (Å²) in [6.45, 7) is 4.22. The number of methoxy groups -OCH3 is 1. The molecule has 4 heteroatoms. The van der Waals surface area contributed by atoms with Crippen LogP contribution in [-0.2, 0) is 6.61 Å². The van der Waals surface area contributed by atoms with E-state index in [1.54, 1.807) is 7.11 Å². The lowest BCUT2D eigenvalue weighted by Crippen LogP contribution is -2.09. The Balaban J connectivity index is 0.00000242. The number of rotatable bonds is 7. The second-order valence-electron chi connectivity index (χ2n) is 4.82. The number of hydrogen-bond acceptors (Lipinski definition) is 3. The Morgan fingerprint density at radius 2 is 1.86 bits per heavy atom.